The maximum absolute atomic E-state index is 12.5. The summed E-state index contributed by atoms with van der Waals surface area (Å²) in [5.74, 6) is -0.423. The number of hydrogen-bond donors (Lipinski definition) is 0. The van der Waals surface area contributed by atoms with Crippen molar-refractivity contribution in [2.75, 3.05) is 6.54 Å². The first-order chi connectivity index (χ1) is 11.1. The molecule has 3 rings (SSSR count). The van der Waals surface area contributed by atoms with Gasteiger partial charge in [-0.15, -0.1) is 11.3 Å². The Kier molecular flexibility index (Phi) is 4.90. The molecule has 1 amide bonds. The van der Waals surface area contributed by atoms with Gasteiger partial charge in [-0.05, 0) is 36.4 Å². The molecular formula is C16H13Cl2NO3S. The van der Waals surface area contributed by atoms with E-state index in [4.69, 9.17) is 27.9 Å². The van der Waals surface area contributed by atoms with Crippen molar-refractivity contribution in [3.63, 3.8) is 0 Å². The maximum Gasteiger partial charge on any atom is 0.334 e. The van der Waals surface area contributed by atoms with Crippen LogP contribution in [-0.4, -0.2) is 29.4 Å². The molecule has 0 spiro atoms. The summed E-state index contributed by atoms with van der Waals surface area (Å²) in [6.07, 6.45) is 1.34. The molecule has 2 aromatic rings. The standard InChI is InChI=1S/C16H13Cl2NO3S/c17-10-4-1-6-12(14(10)18)22-16(21)11-5-2-8-19(11)15(20)13-7-3-9-23-13/h1,3-4,6-7,9,11H,2,5,8H2/t11-/m0/s1. The quantitative estimate of drug-likeness (QED) is 0.599. The number of ether oxygens (including phenoxy) is 1. The Hall–Kier alpha value is -1.56. The van der Waals surface area contributed by atoms with Gasteiger partial charge in [0.25, 0.3) is 5.91 Å². The molecule has 120 valence electrons. The summed E-state index contributed by atoms with van der Waals surface area (Å²) in [7, 11) is 0. The van der Waals surface area contributed by atoms with Crippen LogP contribution in [0.25, 0.3) is 0 Å². The Morgan fingerprint density at radius 1 is 1.22 bits per heavy atom. The van der Waals surface area contributed by atoms with Gasteiger partial charge in [0, 0.05) is 6.54 Å². The van der Waals surface area contributed by atoms with Crippen LogP contribution in [0, 0.1) is 0 Å². The van der Waals surface area contributed by atoms with E-state index >= 15 is 0 Å². The largest absolute Gasteiger partial charge is 0.423 e. The molecule has 4 nitrogen and oxygen atoms in total. The van der Waals surface area contributed by atoms with E-state index in [1.54, 1.807) is 29.2 Å². The molecule has 1 fully saturated rings. The average molecular weight is 370 g/mol. The lowest BCUT2D eigenvalue weighted by Gasteiger charge is -2.22. The Morgan fingerprint density at radius 2 is 2.04 bits per heavy atom. The Balaban J connectivity index is 1.76. The highest BCUT2D eigenvalue weighted by Crippen LogP contribution is 2.32. The number of rotatable bonds is 3. The zero-order chi connectivity index (χ0) is 16.4. The van der Waals surface area contributed by atoms with E-state index in [0.717, 1.165) is 6.42 Å². The van der Waals surface area contributed by atoms with Crippen molar-refractivity contribution in [1.82, 2.24) is 4.90 Å². The van der Waals surface area contributed by atoms with Gasteiger partial charge in [-0.1, -0.05) is 35.3 Å². The Morgan fingerprint density at radius 3 is 2.78 bits per heavy atom. The van der Waals surface area contributed by atoms with Crippen LogP contribution in [0.3, 0.4) is 0 Å². The zero-order valence-electron chi connectivity index (χ0n) is 12.0. The predicted molar refractivity (Wildman–Crippen MR) is 90.5 cm³/mol. The highest BCUT2D eigenvalue weighted by atomic mass is 35.5. The third kappa shape index (κ3) is 3.37. The van der Waals surface area contributed by atoms with E-state index in [2.05, 4.69) is 0 Å². The molecule has 0 N–H and O–H groups in total. The number of thiophene rings is 1. The molecule has 0 unspecified atom stereocenters. The number of nitrogens with zero attached hydrogens (tertiary/aromatic N) is 1. The van der Waals surface area contributed by atoms with Gasteiger partial charge in [0.05, 0.1) is 9.90 Å². The molecule has 23 heavy (non-hydrogen) atoms. The first-order valence-corrected chi connectivity index (χ1v) is 8.71. The Bertz CT molecular complexity index is 733. The number of hydrogen-bond acceptors (Lipinski definition) is 4. The minimum absolute atomic E-state index is 0.142. The second kappa shape index (κ2) is 6.91. The maximum atomic E-state index is 12.5. The third-order valence-electron chi connectivity index (χ3n) is 3.64. The molecule has 7 heteroatoms. The molecule has 0 saturated carbocycles. The van der Waals surface area contributed by atoms with Crippen molar-refractivity contribution in [1.29, 1.82) is 0 Å². The molecule has 0 bridgehead atoms. The van der Waals surface area contributed by atoms with Crippen LogP contribution in [0.4, 0.5) is 0 Å². The van der Waals surface area contributed by atoms with E-state index in [1.807, 2.05) is 11.4 Å². The Labute approximate surface area is 147 Å². The molecule has 1 aliphatic heterocycles. The topological polar surface area (TPSA) is 46.6 Å². The normalized spacial score (nSPS) is 17.3. The number of benzene rings is 1. The molecule has 1 aromatic heterocycles. The van der Waals surface area contributed by atoms with Crippen LogP contribution >= 0.6 is 34.5 Å². The van der Waals surface area contributed by atoms with E-state index < -0.39 is 12.0 Å². The van der Waals surface area contributed by atoms with Crippen molar-refractivity contribution in [2.24, 2.45) is 0 Å². The van der Waals surface area contributed by atoms with Crippen LogP contribution in [-0.2, 0) is 4.79 Å². The summed E-state index contributed by atoms with van der Waals surface area (Å²) in [5, 5.41) is 2.34. The number of halogens is 2. The second-order valence-corrected chi connectivity index (χ2v) is 6.84. The number of carbonyl (C=O) groups is 2. The van der Waals surface area contributed by atoms with E-state index in [0.29, 0.717) is 22.9 Å². The molecule has 0 aliphatic carbocycles. The monoisotopic (exact) mass is 369 g/mol. The van der Waals surface area contributed by atoms with Crippen LogP contribution < -0.4 is 4.74 Å². The highest BCUT2D eigenvalue weighted by Gasteiger charge is 2.36. The summed E-state index contributed by atoms with van der Waals surface area (Å²) in [6.45, 7) is 0.541. The molecular weight excluding hydrogens is 357 g/mol. The number of esters is 1. The van der Waals surface area contributed by atoms with E-state index in [9.17, 15) is 9.59 Å². The van der Waals surface area contributed by atoms with Gasteiger partial charge in [-0.25, -0.2) is 4.79 Å². The first-order valence-electron chi connectivity index (χ1n) is 7.08. The lowest BCUT2D eigenvalue weighted by molar-refractivity contribution is -0.138. The van der Waals surface area contributed by atoms with Gasteiger partial charge in [-0.3, -0.25) is 4.79 Å². The predicted octanol–water partition coefficient (Wildman–Crippen LogP) is 4.27. The highest BCUT2D eigenvalue weighted by molar-refractivity contribution is 7.12. The van der Waals surface area contributed by atoms with Crippen molar-refractivity contribution in [2.45, 2.75) is 18.9 Å². The molecule has 1 atom stereocenters. The van der Waals surface area contributed by atoms with Crippen molar-refractivity contribution in [3.05, 3.63) is 50.6 Å². The van der Waals surface area contributed by atoms with Gasteiger partial charge >= 0.3 is 5.97 Å². The fourth-order valence-electron chi connectivity index (χ4n) is 2.54. The molecule has 1 aromatic carbocycles. The van der Waals surface area contributed by atoms with Crippen LogP contribution in [0.15, 0.2) is 35.7 Å². The minimum Gasteiger partial charge on any atom is -0.423 e. The average Bonchev–Trinajstić information content (AvgIpc) is 3.21. The molecule has 1 saturated heterocycles. The summed E-state index contributed by atoms with van der Waals surface area (Å²) >= 11 is 13.3. The smallest absolute Gasteiger partial charge is 0.334 e. The molecule has 2 heterocycles. The SMILES string of the molecule is O=C(Oc1cccc(Cl)c1Cl)[C@@H]1CCCN1C(=O)c1cccs1. The zero-order valence-corrected chi connectivity index (χ0v) is 14.3. The van der Waals surface area contributed by atoms with Crippen molar-refractivity contribution >= 4 is 46.4 Å². The van der Waals surface area contributed by atoms with Gasteiger partial charge in [0.2, 0.25) is 0 Å². The second-order valence-electron chi connectivity index (χ2n) is 5.11. The first kappa shape index (κ1) is 16.3. The third-order valence-corrected chi connectivity index (χ3v) is 5.30. The van der Waals surface area contributed by atoms with E-state index in [-0.39, 0.29) is 16.7 Å². The van der Waals surface area contributed by atoms with Crippen molar-refractivity contribution in [3.8, 4) is 5.75 Å². The number of amides is 1. The number of carbonyl (C=O) groups excluding carboxylic acids is 2. The fraction of sp³-hybridized carbons (Fsp3) is 0.250. The van der Waals surface area contributed by atoms with Crippen LogP contribution in [0.1, 0.15) is 22.5 Å². The van der Waals surface area contributed by atoms with Crippen molar-refractivity contribution < 1.29 is 14.3 Å². The summed E-state index contributed by atoms with van der Waals surface area (Å²) in [5.41, 5.74) is 0. The van der Waals surface area contributed by atoms with Crippen LogP contribution in [0.2, 0.25) is 10.0 Å². The van der Waals surface area contributed by atoms with Gasteiger partial charge in [0.1, 0.15) is 11.1 Å². The fourth-order valence-corrected chi connectivity index (χ4v) is 3.55. The number of likely N-dealkylation sites (tertiary alicyclic amines) is 1. The van der Waals surface area contributed by atoms with Gasteiger partial charge < -0.3 is 9.64 Å². The molecule has 0 radical (unpaired) electrons. The lowest BCUT2D eigenvalue weighted by Crippen LogP contribution is -2.42. The minimum atomic E-state index is -0.598. The summed E-state index contributed by atoms with van der Waals surface area (Å²) in [6, 6.07) is 7.81. The summed E-state index contributed by atoms with van der Waals surface area (Å²) < 4.78 is 5.36. The van der Waals surface area contributed by atoms with Crippen LogP contribution in [0.5, 0.6) is 5.75 Å². The van der Waals surface area contributed by atoms with Gasteiger partial charge in [-0.2, -0.15) is 0 Å². The molecule has 1 aliphatic rings. The lowest BCUT2D eigenvalue weighted by atomic mass is 10.2. The summed E-state index contributed by atoms with van der Waals surface area (Å²) in [4.78, 5) is 27.1. The van der Waals surface area contributed by atoms with Gasteiger partial charge in [0.15, 0.2) is 5.75 Å². The van der Waals surface area contributed by atoms with E-state index in [1.165, 1.54) is 11.3 Å².